The van der Waals surface area contributed by atoms with Gasteiger partial charge in [-0.15, -0.1) is 0 Å². The van der Waals surface area contributed by atoms with Crippen LogP contribution in [0.15, 0.2) is 53.4 Å². The van der Waals surface area contributed by atoms with Crippen molar-refractivity contribution in [2.45, 2.75) is 4.90 Å². The van der Waals surface area contributed by atoms with Crippen LogP contribution in [0.1, 0.15) is 0 Å². The Morgan fingerprint density at radius 3 is 2.00 bits per heavy atom. The van der Waals surface area contributed by atoms with Crippen molar-refractivity contribution in [1.82, 2.24) is 10.9 Å². The Balaban J connectivity index is 1.82. The van der Waals surface area contributed by atoms with E-state index in [-0.39, 0.29) is 10.0 Å². The molecule has 0 fully saturated rings. The number of benzene rings is 2. The minimum absolute atomic E-state index is 0.171. The van der Waals surface area contributed by atoms with Gasteiger partial charge < -0.3 is 10.6 Å². The summed E-state index contributed by atoms with van der Waals surface area (Å²) in [7, 11) is -3.28. The van der Waals surface area contributed by atoms with E-state index in [4.69, 9.17) is 23.8 Å². The maximum Gasteiger partial charge on any atom is 0.337 e. The molecule has 7 nitrogen and oxygen atoms in total. The lowest BCUT2D eigenvalue weighted by atomic mass is 10.3. The Morgan fingerprint density at radius 2 is 1.44 bits per heavy atom. The highest BCUT2D eigenvalue weighted by atomic mass is 35.5. The van der Waals surface area contributed by atoms with Crippen molar-refractivity contribution in [2.75, 3.05) is 16.9 Å². The van der Waals surface area contributed by atoms with Gasteiger partial charge in [-0.05, 0) is 60.7 Å². The first-order valence-electron chi connectivity index (χ1n) is 6.94. The molecule has 132 valence electrons. The minimum atomic E-state index is -3.28. The fraction of sp³-hybridized carbons (Fsp3) is 0.0667. The molecule has 2 aromatic carbocycles. The zero-order valence-corrected chi connectivity index (χ0v) is 15.4. The average Bonchev–Trinajstić information content (AvgIpc) is 2.55. The maximum atomic E-state index is 11.8. The van der Waals surface area contributed by atoms with E-state index in [0.717, 1.165) is 6.26 Å². The average molecular weight is 399 g/mol. The van der Waals surface area contributed by atoms with Gasteiger partial charge in [0.1, 0.15) is 0 Å². The van der Waals surface area contributed by atoms with Crippen molar-refractivity contribution in [1.29, 1.82) is 0 Å². The van der Waals surface area contributed by atoms with Gasteiger partial charge in [-0.1, -0.05) is 11.6 Å². The molecule has 0 heterocycles. The third kappa shape index (κ3) is 6.22. The van der Waals surface area contributed by atoms with Crippen LogP contribution in [0.4, 0.5) is 16.2 Å². The Morgan fingerprint density at radius 1 is 0.920 bits per heavy atom. The van der Waals surface area contributed by atoms with E-state index in [1.165, 1.54) is 24.3 Å². The molecule has 2 amide bonds. The number of thiocarbonyl (C=S) groups is 1. The van der Waals surface area contributed by atoms with E-state index in [1.54, 1.807) is 24.3 Å². The number of urea groups is 1. The molecule has 0 saturated heterocycles. The zero-order chi connectivity index (χ0) is 18.4. The van der Waals surface area contributed by atoms with Crippen LogP contribution in [0.25, 0.3) is 0 Å². The molecule has 2 rings (SSSR count). The molecule has 0 aromatic heterocycles. The number of carbonyl (C=O) groups excluding carboxylic acids is 1. The van der Waals surface area contributed by atoms with Crippen LogP contribution in [-0.2, 0) is 9.84 Å². The van der Waals surface area contributed by atoms with Gasteiger partial charge in [0, 0.05) is 22.7 Å². The van der Waals surface area contributed by atoms with Gasteiger partial charge in [-0.3, -0.25) is 5.43 Å². The van der Waals surface area contributed by atoms with E-state index in [0.29, 0.717) is 16.4 Å². The standard InChI is InChI=1S/C15H15ClN4O3S2/c1-25(22,23)13-8-6-11(7-9-13)17-14(21)19-20-15(24)18-12-4-2-10(16)3-5-12/h2-9H,1H3,(H2,17,19,21)(H2,18,20,24). The van der Waals surface area contributed by atoms with Gasteiger partial charge in [0.25, 0.3) is 0 Å². The van der Waals surface area contributed by atoms with E-state index in [1.807, 2.05) is 0 Å². The molecule has 25 heavy (non-hydrogen) atoms. The lowest BCUT2D eigenvalue weighted by Crippen LogP contribution is -2.45. The van der Waals surface area contributed by atoms with Gasteiger partial charge in [-0.2, -0.15) is 0 Å². The Hall–Kier alpha value is -2.36. The number of anilines is 2. The number of halogens is 1. The minimum Gasteiger partial charge on any atom is -0.331 e. The fourth-order valence-corrected chi connectivity index (χ4v) is 2.68. The van der Waals surface area contributed by atoms with E-state index >= 15 is 0 Å². The molecule has 0 unspecified atom stereocenters. The van der Waals surface area contributed by atoms with Gasteiger partial charge >= 0.3 is 6.03 Å². The zero-order valence-electron chi connectivity index (χ0n) is 13.0. The first-order chi connectivity index (χ1) is 11.7. The highest BCUT2D eigenvalue weighted by Crippen LogP contribution is 2.14. The number of sulfone groups is 1. The monoisotopic (exact) mass is 398 g/mol. The second kappa shape index (κ2) is 8.15. The molecule has 0 aliphatic heterocycles. The summed E-state index contributed by atoms with van der Waals surface area (Å²) in [5, 5.41) is 6.19. The van der Waals surface area contributed by atoms with Crippen LogP contribution < -0.4 is 21.5 Å². The van der Waals surface area contributed by atoms with Crippen molar-refractivity contribution >= 4 is 56.2 Å². The van der Waals surface area contributed by atoms with Crippen LogP contribution in [0, 0.1) is 0 Å². The summed E-state index contributed by atoms with van der Waals surface area (Å²) in [6, 6.07) is 12.1. The molecule has 0 aliphatic rings. The number of carbonyl (C=O) groups is 1. The quantitative estimate of drug-likeness (QED) is 0.468. The highest BCUT2D eigenvalue weighted by Gasteiger charge is 2.07. The Bertz CT molecular complexity index is 869. The number of hydrogen-bond donors (Lipinski definition) is 4. The summed E-state index contributed by atoms with van der Waals surface area (Å²) in [5.41, 5.74) is 6.03. The normalized spacial score (nSPS) is 10.6. The molecular weight excluding hydrogens is 384 g/mol. The number of hydrazine groups is 1. The third-order valence-corrected chi connectivity index (χ3v) is 4.52. The lowest BCUT2D eigenvalue weighted by Gasteiger charge is -2.12. The van der Waals surface area contributed by atoms with Gasteiger partial charge in [-0.25, -0.2) is 18.6 Å². The Labute approximate surface area is 155 Å². The van der Waals surface area contributed by atoms with E-state index in [9.17, 15) is 13.2 Å². The van der Waals surface area contributed by atoms with Crippen molar-refractivity contribution in [3.8, 4) is 0 Å². The lowest BCUT2D eigenvalue weighted by molar-refractivity contribution is 0.250. The van der Waals surface area contributed by atoms with Gasteiger partial charge in [0.2, 0.25) is 0 Å². The SMILES string of the molecule is CS(=O)(=O)c1ccc(NC(=O)NNC(=S)Nc2ccc(Cl)cc2)cc1. The first kappa shape index (κ1) is 19.0. The van der Waals surface area contributed by atoms with Crippen LogP contribution in [0.2, 0.25) is 5.02 Å². The number of hydrogen-bond acceptors (Lipinski definition) is 4. The van der Waals surface area contributed by atoms with Gasteiger partial charge in [0.15, 0.2) is 14.9 Å². The Kier molecular flexibility index (Phi) is 6.18. The van der Waals surface area contributed by atoms with Crippen LogP contribution in [0.5, 0.6) is 0 Å². The summed E-state index contributed by atoms with van der Waals surface area (Å²) in [5.74, 6) is 0. The van der Waals surface area contributed by atoms with E-state index in [2.05, 4.69) is 21.5 Å². The van der Waals surface area contributed by atoms with E-state index < -0.39 is 15.9 Å². The molecule has 0 radical (unpaired) electrons. The molecule has 10 heteroatoms. The van der Waals surface area contributed by atoms with Crippen LogP contribution >= 0.6 is 23.8 Å². The van der Waals surface area contributed by atoms with Crippen molar-refractivity contribution < 1.29 is 13.2 Å². The van der Waals surface area contributed by atoms with Crippen molar-refractivity contribution in [3.63, 3.8) is 0 Å². The molecule has 0 spiro atoms. The predicted molar refractivity (Wildman–Crippen MR) is 103 cm³/mol. The summed E-state index contributed by atoms with van der Waals surface area (Å²) in [6.07, 6.45) is 1.11. The number of nitrogens with one attached hydrogen (secondary N) is 4. The molecule has 2 aromatic rings. The molecule has 0 bridgehead atoms. The second-order valence-electron chi connectivity index (χ2n) is 4.96. The summed E-state index contributed by atoms with van der Waals surface area (Å²) in [4.78, 5) is 12.0. The van der Waals surface area contributed by atoms with Crippen molar-refractivity contribution in [3.05, 3.63) is 53.6 Å². The predicted octanol–water partition coefficient (Wildman–Crippen LogP) is 2.77. The molecule has 0 atom stereocenters. The third-order valence-electron chi connectivity index (χ3n) is 2.93. The van der Waals surface area contributed by atoms with Crippen molar-refractivity contribution in [2.24, 2.45) is 0 Å². The summed E-state index contributed by atoms with van der Waals surface area (Å²) < 4.78 is 22.7. The molecule has 4 N–H and O–H groups in total. The topological polar surface area (TPSA) is 99.3 Å². The fourth-order valence-electron chi connectivity index (χ4n) is 1.76. The number of amides is 2. The highest BCUT2D eigenvalue weighted by molar-refractivity contribution is 7.90. The smallest absolute Gasteiger partial charge is 0.331 e. The molecule has 0 saturated carbocycles. The number of rotatable bonds is 3. The summed E-state index contributed by atoms with van der Waals surface area (Å²) in [6.45, 7) is 0. The molecule has 0 aliphatic carbocycles. The van der Waals surface area contributed by atoms with Crippen LogP contribution in [-0.4, -0.2) is 25.8 Å². The molecular formula is C15H15ClN4O3S2. The van der Waals surface area contributed by atoms with Crippen LogP contribution in [0.3, 0.4) is 0 Å². The first-order valence-corrected chi connectivity index (χ1v) is 9.61. The largest absolute Gasteiger partial charge is 0.337 e. The second-order valence-corrected chi connectivity index (χ2v) is 7.82. The van der Waals surface area contributed by atoms with Gasteiger partial charge in [0.05, 0.1) is 4.90 Å². The maximum absolute atomic E-state index is 11.8. The summed E-state index contributed by atoms with van der Waals surface area (Å²) >= 11 is 10.8.